The van der Waals surface area contributed by atoms with Crippen molar-refractivity contribution >= 4 is 15.9 Å². The molecule has 0 saturated carbocycles. The van der Waals surface area contributed by atoms with Gasteiger partial charge in [0, 0.05) is 23.4 Å². The molecule has 114 valence electrons. The zero-order valence-corrected chi connectivity index (χ0v) is 13.0. The molecule has 0 aliphatic heterocycles. The van der Waals surface area contributed by atoms with Crippen molar-refractivity contribution in [2.24, 2.45) is 0 Å². The van der Waals surface area contributed by atoms with Gasteiger partial charge in [-0.25, -0.2) is 4.98 Å². The Morgan fingerprint density at radius 1 is 1.19 bits per heavy atom. The van der Waals surface area contributed by atoms with Crippen LogP contribution in [0.15, 0.2) is 41.1 Å². The van der Waals surface area contributed by atoms with Crippen LogP contribution in [0.2, 0.25) is 0 Å². The highest BCUT2D eigenvalue weighted by molar-refractivity contribution is 9.10. The Balaban J connectivity index is 1.98. The zero-order valence-electron chi connectivity index (χ0n) is 11.4. The van der Waals surface area contributed by atoms with Gasteiger partial charge in [-0.15, -0.1) is 0 Å². The summed E-state index contributed by atoms with van der Waals surface area (Å²) in [6, 6.07) is 7.83. The highest BCUT2D eigenvalue weighted by atomic mass is 79.9. The van der Waals surface area contributed by atoms with E-state index in [1.165, 1.54) is 12.4 Å². The van der Waals surface area contributed by atoms with Crippen molar-refractivity contribution in [1.29, 1.82) is 0 Å². The molecule has 3 nitrogen and oxygen atoms in total. The summed E-state index contributed by atoms with van der Waals surface area (Å²) in [5, 5.41) is 0. The lowest BCUT2D eigenvalue weighted by molar-refractivity contribution is -0.141. The van der Waals surface area contributed by atoms with Gasteiger partial charge in [0.2, 0.25) is 0 Å². The van der Waals surface area contributed by atoms with Crippen LogP contribution in [0.3, 0.4) is 0 Å². The summed E-state index contributed by atoms with van der Waals surface area (Å²) < 4.78 is 39.5. The van der Waals surface area contributed by atoms with Crippen LogP contribution < -0.4 is 0 Å². The molecule has 1 aromatic heterocycles. The summed E-state index contributed by atoms with van der Waals surface area (Å²) in [5.41, 5.74) is 1.09. The average molecular weight is 362 g/mol. The third-order valence-corrected chi connectivity index (χ3v) is 3.46. The molecule has 0 N–H and O–H groups in total. The van der Waals surface area contributed by atoms with Crippen LogP contribution in [0.25, 0.3) is 0 Å². The lowest BCUT2D eigenvalue weighted by atomic mass is 10.2. The maximum Gasteiger partial charge on any atom is 0.406 e. The van der Waals surface area contributed by atoms with E-state index in [1.807, 2.05) is 36.2 Å². The van der Waals surface area contributed by atoms with Crippen molar-refractivity contribution in [1.82, 2.24) is 14.5 Å². The topological polar surface area (TPSA) is 21.1 Å². The van der Waals surface area contributed by atoms with Gasteiger partial charge >= 0.3 is 6.18 Å². The second kappa shape index (κ2) is 6.62. The van der Waals surface area contributed by atoms with E-state index in [0.717, 1.165) is 14.6 Å². The summed E-state index contributed by atoms with van der Waals surface area (Å²) in [5.74, 6) is 0.409. The predicted molar refractivity (Wildman–Crippen MR) is 77.6 cm³/mol. The monoisotopic (exact) mass is 361 g/mol. The minimum Gasteiger partial charge on any atom is -0.325 e. The average Bonchev–Trinajstić information content (AvgIpc) is 2.77. The fourth-order valence-electron chi connectivity index (χ4n) is 2.03. The molecule has 0 bridgehead atoms. The molecule has 0 unspecified atom stereocenters. The number of imidazole rings is 1. The van der Waals surface area contributed by atoms with Gasteiger partial charge in [0.25, 0.3) is 0 Å². The molecule has 7 heteroatoms. The number of rotatable bonds is 5. The minimum atomic E-state index is -4.24. The van der Waals surface area contributed by atoms with E-state index in [1.54, 1.807) is 0 Å². The third-order valence-electron chi connectivity index (χ3n) is 2.93. The van der Waals surface area contributed by atoms with Crippen LogP contribution in [0.4, 0.5) is 13.2 Å². The molecular weight excluding hydrogens is 347 g/mol. The van der Waals surface area contributed by atoms with Crippen LogP contribution >= 0.6 is 15.9 Å². The maximum absolute atomic E-state index is 12.5. The molecule has 0 saturated heterocycles. The number of benzene rings is 1. The molecule has 1 aromatic carbocycles. The molecule has 0 fully saturated rings. The standard InChI is InChI=1S/C14H15BrF3N3/c1-20(8-11-2-4-12(15)5-3-11)9-13-19-6-7-21(13)10-14(16,17)18/h2-7H,8-10H2,1H3. The summed E-state index contributed by atoms with van der Waals surface area (Å²) in [6.45, 7) is -0.000239. The van der Waals surface area contributed by atoms with Crippen molar-refractivity contribution in [3.8, 4) is 0 Å². The largest absolute Gasteiger partial charge is 0.406 e. The van der Waals surface area contributed by atoms with Gasteiger partial charge in [-0.05, 0) is 24.7 Å². The number of nitrogens with zero attached hydrogens (tertiary/aromatic N) is 3. The first kappa shape index (κ1) is 16.0. The van der Waals surface area contributed by atoms with E-state index in [2.05, 4.69) is 20.9 Å². The molecule has 2 aromatic rings. The molecule has 1 heterocycles. The maximum atomic E-state index is 12.5. The first-order valence-corrected chi connectivity index (χ1v) is 7.12. The molecular formula is C14H15BrF3N3. The number of alkyl halides is 3. The van der Waals surface area contributed by atoms with Gasteiger partial charge in [-0.2, -0.15) is 13.2 Å². The van der Waals surface area contributed by atoms with Crippen LogP contribution in [0.5, 0.6) is 0 Å². The lowest BCUT2D eigenvalue weighted by Gasteiger charge is -2.18. The fraction of sp³-hybridized carbons (Fsp3) is 0.357. The van der Waals surface area contributed by atoms with Crippen LogP contribution in [0.1, 0.15) is 11.4 Å². The lowest BCUT2D eigenvalue weighted by Crippen LogP contribution is -2.23. The fourth-order valence-corrected chi connectivity index (χ4v) is 2.29. The smallest absolute Gasteiger partial charge is 0.325 e. The summed E-state index contributed by atoms with van der Waals surface area (Å²) in [6.07, 6.45) is -1.48. The first-order chi connectivity index (χ1) is 9.83. The van der Waals surface area contributed by atoms with Crippen molar-refractivity contribution in [3.05, 3.63) is 52.5 Å². The Kier molecular flexibility index (Phi) is 5.05. The van der Waals surface area contributed by atoms with E-state index in [9.17, 15) is 13.2 Å². The Morgan fingerprint density at radius 3 is 2.48 bits per heavy atom. The summed E-state index contributed by atoms with van der Waals surface area (Å²) in [7, 11) is 1.86. The van der Waals surface area contributed by atoms with Crippen LogP contribution in [-0.2, 0) is 19.6 Å². The number of hydrogen-bond donors (Lipinski definition) is 0. The zero-order chi connectivity index (χ0) is 15.5. The van der Waals surface area contributed by atoms with E-state index in [4.69, 9.17) is 0 Å². The summed E-state index contributed by atoms with van der Waals surface area (Å²) in [4.78, 5) is 5.94. The van der Waals surface area contributed by atoms with Crippen LogP contribution in [-0.4, -0.2) is 27.7 Å². The molecule has 0 amide bonds. The SMILES string of the molecule is CN(Cc1ccc(Br)cc1)Cc1nccn1CC(F)(F)F. The molecule has 0 radical (unpaired) electrons. The van der Waals surface area contributed by atoms with Gasteiger partial charge in [0.1, 0.15) is 12.4 Å². The van der Waals surface area contributed by atoms with Gasteiger partial charge in [0.15, 0.2) is 0 Å². The number of hydrogen-bond acceptors (Lipinski definition) is 2. The van der Waals surface area contributed by atoms with Gasteiger partial charge < -0.3 is 4.57 Å². The van der Waals surface area contributed by atoms with E-state index >= 15 is 0 Å². The molecule has 0 aliphatic rings. The predicted octanol–water partition coefficient (Wildman–Crippen LogP) is 3.84. The Labute approximate surface area is 129 Å². The highest BCUT2D eigenvalue weighted by Crippen LogP contribution is 2.19. The highest BCUT2D eigenvalue weighted by Gasteiger charge is 2.28. The van der Waals surface area contributed by atoms with Gasteiger partial charge in [0.05, 0.1) is 6.54 Å². The number of aromatic nitrogens is 2. The first-order valence-electron chi connectivity index (χ1n) is 6.33. The van der Waals surface area contributed by atoms with E-state index in [-0.39, 0.29) is 0 Å². The second-order valence-electron chi connectivity index (χ2n) is 4.89. The minimum absolute atomic E-state index is 0.360. The van der Waals surface area contributed by atoms with E-state index in [0.29, 0.717) is 18.9 Å². The summed E-state index contributed by atoms with van der Waals surface area (Å²) >= 11 is 3.36. The van der Waals surface area contributed by atoms with Crippen LogP contribution in [0, 0.1) is 0 Å². The quantitative estimate of drug-likeness (QED) is 0.806. The molecule has 21 heavy (non-hydrogen) atoms. The number of halogens is 4. The van der Waals surface area contributed by atoms with Crippen molar-refractivity contribution < 1.29 is 13.2 Å². The Hall–Kier alpha value is -1.34. The molecule has 0 aliphatic carbocycles. The van der Waals surface area contributed by atoms with Crippen molar-refractivity contribution in [3.63, 3.8) is 0 Å². The third kappa shape index (κ3) is 5.17. The second-order valence-corrected chi connectivity index (χ2v) is 5.80. The molecule has 2 rings (SSSR count). The van der Waals surface area contributed by atoms with E-state index < -0.39 is 12.7 Å². The van der Waals surface area contributed by atoms with Crippen molar-refractivity contribution in [2.75, 3.05) is 7.05 Å². The van der Waals surface area contributed by atoms with Crippen molar-refractivity contribution in [2.45, 2.75) is 25.8 Å². The molecule has 0 spiro atoms. The molecule has 0 atom stereocenters. The normalized spacial score (nSPS) is 12.1. The Morgan fingerprint density at radius 2 is 1.86 bits per heavy atom. The Bertz CT molecular complexity index is 578. The van der Waals surface area contributed by atoms with Gasteiger partial charge in [-0.3, -0.25) is 4.90 Å². The van der Waals surface area contributed by atoms with Gasteiger partial charge in [-0.1, -0.05) is 28.1 Å².